The van der Waals surface area contributed by atoms with Gasteiger partial charge in [0, 0.05) is 23.6 Å². The minimum absolute atomic E-state index is 0.0503. The number of aliphatic hydroxyl groups is 1. The van der Waals surface area contributed by atoms with Gasteiger partial charge in [0.15, 0.2) is 0 Å². The zero-order chi connectivity index (χ0) is 13.1. The third-order valence-electron chi connectivity index (χ3n) is 2.59. The third-order valence-corrected chi connectivity index (χ3v) is 2.59. The van der Waals surface area contributed by atoms with Gasteiger partial charge in [-0.3, -0.25) is 9.59 Å². The van der Waals surface area contributed by atoms with Crippen molar-refractivity contribution in [3.8, 4) is 0 Å². The molecule has 3 N–H and O–H groups in total. The Balaban J connectivity index is 2.37. The summed E-state index contributed by atoms with van der Waals surface area (Å²) in [5.74, 6) is -0.483. The molecule has 94 valence electrons. The highest BCUT2D eigenvalue weighted by Crippen LogP contribution is 2.06. The maximum atomic E-state index is 12.1. The fourth-order valence-electron chi connectivity index (χ4n) is 1.67. The van der Waals surface area contributed by atoms with Gasteiger partial charge >= 0.3 is 0 Å². The van der Waals surface area contributed by atoms with Gasteiger partial charge < -0.3 is 15.4 Å². The first-order valence-electron chi connectivity index (χ1n) is 5.66. The van der Waals surface area contributed by atoms with Gasteiger partial charge in [-0.15, -0.1) is 0 Å². The van der Waals surface area contributed by atoms with Gasteiger partial charge in [0.25, 0.3) is 5.91 Å². The fourth-order valence-corrected chi connectivity index (χ4v) is 1.67. The van der Waals surface area contributed by atoms with Crippen molar-refractivity contribution in [3.63, 3.8) is 0 Å². The van der Waals surface area contributed by atoms with Crippen LogP contribution >= 0.6 is 0 Å². The topological polar surface area (TPSA) is 82.2 Å². The number of carbonyl (C=O) groups is 1. The lowest BCUT2D eigenvalue weighted by Crippen LogP contribution is -2.33. The molecule has 0 radical (unpaired) electrons. The number of aromatic nitrogens is 1. The van der Waals surface area contributed by atoms with Gasteiger partial charge in [0.05, 0.1) is 6.10 Å². The molecule has 0 saturated carbocycles. The molecule has 1 heterocycles. The molecule has 0 aliphatic carbocycles. The molecule has 5 heteroatoms. The molecule has 0 bridgehead atoms. The Labute approximate surface area is 103 Å². The zero-order valence-electron chi connectivity index (χ0n) is 9.93. The molecule has 18 heavy (non-hydrogen) atoms. The summed E-state index contributed by atoms with van der Waals surface area (Å²) in [6, 6.07) is 6.99. The smallest absolute Gasteiger partial charge is 0.256 e. The number of fused-ring (bicyclic) bond motifs is 1. The van der Waals surface area contributed by atoms with Crippen LogP contribution in [0, 0.1) is 0 Å². The van der Waals surface area contributed by atoms with E-state index in [1.807, 2.05) is 6.07 Å². The molecule has 1 aromatic carbocycles. The zero-order valence-corrected chi connectivity index (χ0v) is 9.93. The summed E-state index contributed by atoms with van der Waals surface area (Å²) in [6.07, 6.45) is 0.746. The van der Waals surface area contributed by atoms with Crippen LogP contribution in [0.15, 0.2) is 35.3 Å². The van der Waals surface area contributed by atoms with Gasteiger partial charge in [-0.1, -0.05) is 12.1 Å². The largest absolute Gasteiger partial charge is 0.392 e. The van der Waals surface area contributed by atoms with Crippen molar-refractivity contribution < 1.29 is 9.90 Å². The molecule has 1 aromatic heterocycles. The van der Waals surface area contributed by atoms with Crippen LogP contribution in [-0.2, 0) is 0 Å². The van der Waals surface area contributed by atoms with Gasteiger partial charge in [-0.2, -0.15) is 0 Å². The molecule has 0 fully saturated rings. The lowest BCUT2D eigenvalue weighted by Gasteiger charge is -2.07. The number of nitrogens with one attached hydrogen (secondary N) is 2. The summed E-state index contributed by atoms with van der Waals surface area (Å²) < 4.78 is 0. The number of aliphatic hydroxyl groups excluding tert-OH is 1. The fraction of sp³-hybridized carbons (Fsp3) is 0.231. The summed E-state index contributed by atoms with van der Waals surface area (Å²) >= 11 is 0. The number of hydrogen-bond donors (Lipinski definition) is 3. The van der Waals surface area contributed by atoms with Crippen molar-refractivity contribution in [2.24, 2.45) is 0 Å². The van der Waals surface area contributed by atoms with E-state index < -0.39 is 12.0 Å². The van der Waals surface area contributed by atoms with Gasteiger partial charge in [0.1, 0.15) is 5.56 Å². The number of rotatable bonds is 3. The lowest BCUT2D eigenvalue weighted by molar-refractivity contribution is 0.0923. The van der Waals surface area contributed by atoms with E-state index in [9.17, 15) is 9.59 Å². The molecule has 0 aliphatic heterocycles. The van der Waals surface area contributed by atoms with Crippen LogP contribution in [0.1, 0.15) is 17.3 Å². The summed E-state index contributed by atoms with van der Waals surface area (Å²) in [6.45, 7) is 1.68. The van der Waals surface area contributed by atoms with E-state index in [0.717, 1.165) is 0 Å². The Kier molecular flexibility index (Phi) is 3.43. The van der Waals surface area contributed by atoms with Crippen LogP contribution in [-0.4, -0.2) is 28.6 Å². The van der Waals surface area contributed by atoms with Crippen molar-refractivity contribution in [1.82, 2.24) is 10.3 Å². The van der Waals surface area contributed by atoms with Crippen LogP contribution < -0.4 is 10.7 Å². The van der Waals surface area contributed by atoms with Gasteiger partial charge in [-0.05, 0) is 19.1 Å². The van der Waals surface area contributed by atoms with Crippen molar-refractivity contribution in [3.05, 3.63) is 46.2 Å². The predicted octanol–water partition coefficient (Wildman–Crippen LogP) is 0.639. The monoisotopic (exact) mass is 246 g/mol. The van der Waals surface area contributed by atoms with E-state index in [2.05, 4.69) is 10.3 Å². The number of carbonyl (C=O) groups excluding carboxylic acids is 1. The second-order valence-corrected chi connectivity index (χ2v) is 4.14. The molecule has 0 spiro atoms. The summed E-state index contributed by atoms with van der Waals surface area (Å²) in [4.78, 5) is 26.7. The van der Waals surface area contributed by atoms with Crippen LogP contribution in [0.5, 0.6) is 0 Å². The van der Waals surface area contributed by atoms with Crippen LogP contribution in [0.25, 0.3) is 10.9 Å². The Morgan fingerprint density at radius 3 is 2.89 bits per heavy atom. The van der Waals surface area contributed by atoms with Crippen molar-refractivity contribution in [1.29, 1.82) is 0 Å². The molecular formula is C13H14N2O3. The number of para-hydroxylation sites is 1. The van der Waals surface area contributed by atoms with Crippen LogP contribution in [0.4, 0.5) is 0 Å². The minimum atomic E-state index is -0.645. The highest BCUT2D eigenvalue weighted by atomic mass is 16.3. The van der Waals surface area contributed by atoms with E-state index >= 15 is 0 Å². The summed E-state index contributed by atoms with van der Waals surface area (Å²) in [7, 11) is 0. The first-order chi connectivity index (χ1) is 8.59. The average Bonchev–Trinajstić information content (AvgIpc) is 2.37. The second-order valence-electron chi connectivity index (χ2n) is 4.14. The molecule has 2 aromatic rings. The molecule has 1 amide bonds. The van der Waals surface area contributed by atoms with Crippen molar-refractivity contribution in [2.75, 3.05) is 6.54 Å². The van der Waals surface area contributed by atoms with Crippen molar-refractivity contribution >= 4 is 16.8 Å². The Morgan fingerprint density at radius 1 is 1.44 bits per heavy atom. The lowest BCUT2D eigenvalue weighted by atomic mass is 10.1. The number of H-pyrrole nitrogens is 1. The maximum absolute atomic E-state index is 12.1. The van der Waals surface area contributed by atoms with Gasteiger partial charge in [0.2, 0.25) is 5.43 Å². The highest BCUT2D eigenvalue weighted by molar-refractivity contribution is 5.97. The highest BCUT2D eigenvalue weighted by Gasteiger charge is 2.12. The molecular weight excluding hydrogens is 232 g/mol. The standard InChI is InChI=1S/C13H14N2O3/c1-8(16)6-15-13(18)10-7-14-11-5-3-2-4-9(11)12(10)17/h2-5,7-8,16H,6H2,1H3,(H,14,17)(H,15,18)/t8-/m0/s1. The Morgan fingerprint density at radius 2 is 2.17 bits per heavy atom. The summed E-state index contributed by atoms with van der Waals surface area (Å²) in [5.41, 5.74) is 0.427. The maximum Gasteiger partial charge on any atom is 0.256 e. The van der Waals surface area contributed by atoms with E-state index in [1.54, 1.807) is 25.1 Å². The third kappa shape index (κ3) is 2.41. The predicted molar refractivity (Wildman–Crippen MR) is 68.6 cm³/mol. The molecule has 0 aliphatic rings. The molecule has 5 nitrogen and oxygen atoms in total. The number of pyridine rings is 1. The van der Waals surface area contributed by atoms with E-state index in [4.69, 9.17) is 5.11 Å². The number of hydrogen-bond acceptors (Lipinski definition) is 3. The van der Waals surface area contributed by atoms with E-state index in [0.29, 0.717) is 10.9 Å². The van der Waals surface area contributed by atoms with Crippen molar-refractivity contribution in [2.45, 2.75) is 13.0 Å². The van der Waals surface area contributed by atoms with E-state index in [1.165, 1.54) is 6.20 Å². The quantitative estimate of drug-likeness (QED) is 0.743. The summed E-state index contributed by atoms with van der Waals surface area (Å²) in [5, 5.41) is 12.1. The second kappa shape index (κ2) is 5.01. The Hall–Kier alpha value is -2.14. The molecule has 0 unspecified atom stereocenters. The van der Waals surface area contributed by atoms with Crippen LogP contribution in [0.2, 0.25) is 0 Å². The first-order valence-corrected chi connectivity index (χ1v) is 5.66. The van der Waals surface area contributed by atoms with Crippen LogP contribution in [0.3, 0.4) is 0 Å². The minimum Gasteiger partial charge on any atom is -0.392 e. The molecule has 1 atom stereocenters. The Bertz CT molecular complexity index is 631. The van der Waals surface area contributed by atoms with E-state index in [-0.39, 0.29) is 17.5 Å². The number of aromatic amines is 1. The number of benzene rings is 1. The van der Waals surface area contributed by atoms with Gasteiger partial charge in [-0.25, -0.2) is 0 Å². The molecule has 2 rings (SSSR count). The normalized spacial score (nSPS) is 12.3. The SMILES string of the molecule is C[C@H](O)CNC(=O)c1c[nH]c2ccccc2c1=O. The number of amides is 1. The average molecular weight is 246 g/mol. The molecule has 0 saturated heterocycles. The first kappa shape index (κ1) is 12.3.